The minimum Gasteiger partial charge on any atom is -0.497 e. The van der Waals surface area contributed by atoms with Crippen molar-refractivity contribution < 1.29 is 14.3 Å². The van der Waals surface area contributed by atoms with Crippen LogP contribution in [-0.4, -0.2) is 32.8 Å². The fraction of sp³-hybridized carbons (Fsp3) is 0.632. The molecule has 4 nitrogen and oxygen atoms in total. The number of likely N-dealkylation sites (N-methyl/N-ethyl adjacent to an activating group) is 1. The molecular weight excluding hydrogens is 290 g/mol. The molecule has 0 aromatic heterocycles. The number of carbonyl (C=O) groups excluding carboxylic acids is 1. The SMILES string of the molecule is CCOC(=O)C(CC1CCCCC1)N(C)c1ccc(OC)cc1. The van der Waals surface area contributed by atoms with Crippen LogP contribution in [0.3, 0.4) is 0 Å². The number of ether oxygens (including phenoxy) is 2. The monoisotopic (exact) mass is 319 g/mol. The van der Waals surface area contributed by atoms with Crippen molar-refractivity contribution in [2.75, 3.05) is 25.7 Å². The highest BCUT2D eigenvalue weighted by Crippen LogP contribution is 2.30. The standard InChI is InChI=1S/C19H29NO3/c1-4-23-19(21)18(14-15-8-6-5-7-9-15)20(2)16-10-12-17(22-3)13-11-16/h10-13,15,18H,4-9,14H2,1-3H3. The van der Waals surface area contributed by atoms with Crippen molar-refractivity contribution in [1.82, 2.24) is 0 Å². The largest absolute Gasteiger partial charge is 0.497 e. The molecular formula is C19H29NO3. The van der Waals surface area contributed by atoms with E-state index in [2.05, 4.69) is 0 Å². The van der Waals surface area contributed by atoms with E-state index in [4.69, 9.17) is 9.47 Å². The van der Waals surface area contributed by atoms with E-state index in [1.54, 1.807) is 7.11 Å². The van der Waals surface area contributed by atoms with Crippen LogP contribution in [0.1, 0.15) is 45.4 Å². The van der Waals surface area contributed by atoms with Gasteiger partial charge in [-0.15, -0.1) is 0 Å². The average Bonchev–Trinajstić information content (AvgIpc) is 2.60. The van der Waals surface area contributed by atoms with E-state index in [9.17, 15) is 4.79 Å². The van der Waals surface area contributed by atoms with Crippen LogP contribution in [0, 0.1) is 5.92 Å². The van der Waals surface area contributed by atoms with Gasteiger partial charge in [0.15, 0.2) is 0 Å². The molecule has 1 aliphatic carbocycles. The number of benzene rings is 1. The zero-order valence-electron chi connectivity index (χ0n) is 14.6. The summed E-state index contributed by atoms with van der Waals surface area (Å²) in [7, 11) is 3.63. The van der Waals surface area contributed by atoms with Gasteiger partial charge in [-0.05, 0) is 43.5 Å². The molecule has 1 unspecified atom stereocenters. The Morgan fingerprint density at radius 2 is 1.87 bits per heavy atom. The quantitative estimate of drug-likeness (QED) is 0.711. The Labute approximate surface area is 139 Å². The molecule has 0 radical (unpaired) electrons. The average molecular weight is 319 g/mol. The van der Waals surface area contributed by atoms with Crippen molar-refractivity contribution in [3.63, 3.8) is 0 Å². The topological polar surface area (TPSA) is 38.8 Å². The third-order valence-corrected chi connectivity index (χ3v) is 4.79. The van der Waals surface area contributed by atoms with Crippen LogP contribution < -0.4 is 9.64 Å². The number of anilines is 1. The van der Waals surface area contributed by atoms with E-state index < -0.39 is 0 Å². The van der Waals surface area contributed by atoms with Gasteiger partial charge in [0.2, 0.25) is 0 Å². The summed E-state index contributed by atoms with van der Waals surface area (Å²) in [6.07, 6.45) is 7.23. The number of nitrogens with zero attached hydrogens (tertiary/aromatic N) is 1. The first kappa shape index (κ1) is 17.6. The Morgan fingerprint density at radius 3 is 2.43 bits per heavy atom. The first-order chi connectivity index (χ1) is 11.2. The van der Waals surface area contributed by atoms with Gasteiger partial charge in [-0.1, -0.05) is 32.1 Å². The highest BCUT2D eigenvalue weighted by molar-refractivity contribution is 5.80. The van der Waals surface area contributed by atoms with Gasteiger partial charge in [0.25, 0.3) is 0 Å². The normalized spacial score (nSPS) is 16.7. The lowest BCUT2D eigenvalue weighted by molar-refractivity contribution is -0.145. The van der Waals surface area contributed by atoms with Crippen molar-refractivity contribution in [2.45, 2.75) is 51.5 Å². The Balaban J connectivity index is 2.11. The summed E-state index contributed by atoms with van der Waals surface area (Å²) in [4.78, 5) is 14.5. The maximum Gasteiger partial charge on any atom is 0.328 e. The Kier molecular flexibility index (Phi) is 6.75. The third-order valence-electron chi connectivity index (χ3n) is 4.79. The molecule has 0 N–H and O–H groups in total. The number of hydrogen-bond donors (Lipinski definition) is 0. The van der Waals surface area contributed by atoms with Gasteiger partial charge < -0.3 is 14.4 Å². The summed E-state index contributed by atoms with van der Waals surface area (Å²) >= 11 is 0. The zero-order valence-corrected chi connectivity index (χ0v) is 14.6. The fourth-order valence-electron chi connectivity index (χ4n) is 3.39. The molecule has 23 heavy (non-hydrogen) atoms. The Bertz CT molecular complexity index is 480. The van der Waals surface area contributed by atoms with E-state index in [-0.39, 0.29) is 12.0 Å². The number of esters is 1. The summed E-state index contributed by atoms with van der Waals surface area (Å²) in [6.45, 7) is 2.29. The predicted molar refractivity (Wildman–Crippen MR) is 93.0 cm³/mol. The molecule has 2 rings (SSSR count). The molecule has 0 heterocycles. The van der Waals surface area contributed by atoms with Crippen LogP contribution in [0.4, 0.5) is 5.69 Å². The maximum atomic E-state index is 12.5. The molecule has 1 aliphatic rings. The second-order valence-corrected chi connectivity index (χ2v) is 6.32. The predicted octanol–water partition coefficient (Wildman–Crippen LogP) is 4.03. The molecule has 1 atom stereocenters. The highest BCUT2D eigenvalue weighted by Gasteiger charge is 2.29. The van der Waals surface area contributed by atoms with Crippen LogP contribution in [0.2, 0.25) is 0 Å². The first-order valence-electron chi connectivity index (χ1n) is 8.69. The molecule has 0 amide bonds. The number of hydrogen-bond acceptors (Lipinski definition) is 4. The van der Waals surface area contributed by atoms with Gasteiger partial charge in [0.1, 0.15) is 11.8 Å². The van der Waals surface area contributed by atoms with Crippen LogP contribution in [-0.2, 0) is 9.53 Å². The van der Waals surface area contributed by atoms with Crippen molar-refractivity contribution in [1.29, 1.82) is 0 Å². The Morgan fingerprint density at radius 1 is 1.22 bits per heavy atom. The first-order valence-corrected chi connectivity index (χ1v) is 8.69. The minimum absolute atomic E-state index is 0.114. The van der Waals surface area contributed by atoms with Gasteiger partial charge in [-0.25, -0.2) is 4.79 Å². The van der Waals surface area contributed by atoms with Crippen LogP contribution in [0.5, 0.6) is 5.75 Å². The third kappa shape index (κ3) is 4.88. The molecule has 0 spiro atoms. The van der Waals surface area contributed by atoms with E-state index in [0.29, 0.717) is 12.5 Å². The summed E-state index contributed by atoms with van der Waals surface area (Å²) in [5, 5.41) is 0. The van der Waals surface area contributed by atoms with Gasteiger partial charge in [-0.2, -0.15) is 0 Å². The molecule has 1 aromatic carbocycles. The molecule has 0 aliphatic heterocycles. The van der Waals surface area contributed by atoms with Crippen molar-refractivity contribution in [2.24, 2.45) is 5.92 Å². The molecule has 1 saturated carbocycles. The maximum absolute atomic E-state index is 12.5. The smallest absolute Gasteiger partial charge is 0.328 e. The lowest BCUT2D eigenvalue weighted by atomic mass is 9.84. The molecule has 128 valence electrons. The zero-order chi connectivity index (χ0) is 16.7. The van der Waals surface area contributed by atoms with Gasteiger partial charge in [0.05, 0.1) is 13.7 Å². The number of rotatable bonds is 7. The summed E-state index contributed by atoms with van der Waals surface area (Å²) in [6, 6.07) is 7.62. The van der Waals surface area contributed by atoms with Crippen LogP contribution in [0.15, 0.2) is 24.3 Å². The van der Waals surface area contributed by atoms with Gasteiger partial charge >= 0.3 is 5.97 Å². The van der Waals surface area contributed by atoms with E-state index >= 15 is 0 Å². The second-order valence-electron chi connectivity index (χ2n) is 6.32. The van der Waals surface area contributed by atoms with Gasteiger partial charge in [-0.3, -0.25) is 0 Å². The van der Waals surface area contributed by atoms with E-state index in [1.807, 2.05) is 43.1 Å². The minimum atomic E-state index is -0.216. The Hall–Kier alpha value is -1.71. The molecule has 4 heteroatoms. The highest BCUT2D eigenvalue weighted by atomic mass is 16.5. The molecule has 1 fully saturated rings. The summed E-state index contributed by atoms with van der Waals surface area (Å²) in [5.41, 5.74) is 1.01. The van der Waals surface area contributed by atoms with Crippen LogP contribution >= 0.6 is 0 Å². The second kappa shape index (κ2) is 8.80. The summed E-state index contributed by atoms with van der Waals surface area (Å²) in [5.74, 6) is 1.33. The van der Waals surface area contributed by atoms with Crippen molar-refractivity contribution in [3.05, 3.63) is 24.3 Å². The van der Waals surface area contributed by atoms with Crippen LogP contribution in [0.25, 0.3) is 0 Å². The molecule has 1 aromatic rings. The summed E-state index contributed by atoms with van der Waals surface area (Å²) < 4.78 is 10.5. The lowest BCUT2D eigenvalue weighted by Crippen LogP contribution is -2.41. The fourth-order valence-corrected chi connectivity index (χ4v) is 3.39. The molecule has 0 saturated heterocycles. The molecule has 0 bridgehead atoms. The van der Waals surface area contributed by atoms with E-state index in [1.165, 1.54) is 32.1 Å². The number of methoxy groups -OCH3 is 1. The lowest BCUT2D eigenvalue weighted by Gasteiger charge is -2.32. The number of carbonyl (C=O) groups is 1. The van der Waals surface area contributed by atoms with Crippen molar-refractivity contribution in [3.8, 4) is 5.75 Å². The van der Waals surface area contributed by atoms with Gasteiger partial charge in [0, 0.05) is 12.7 Å². The van der Waals surface area contributed by atoms with E-state index in [0.717, 1.165) is 17.9 Å². The van der Waals surface area contributed by atoms with Crippen molar-refractivity contribution >= 4 is 11.7 Å².